The number of nitriles is 1. The fraction of sp³-hybridized carbons (Fsp3) is 0.364. The smallest absolute Gasteiger partial charge is 0.342 e. The van der Waals surface area contributed by atoms with Crippen molar-refractivity contribution in [3.05, 3.63) is 53.6 Å². The van der Waals surface area contributed by atoms with Crippen LogP contribution in [0.5, 0.6) is 17.2 Å². The van der Waals surface area contributed by atoms with Gasteiger partial charge < -0.3 is 19.7 Å². The van der Waals surface area contributed by atoms with Gasteiger partial charge in [-0.3, -0.25) is 0 Å². The van der Waals surface area contributed by atoms with Gasteiger partial charge in [-0.25, -0.2) is 4.79 Å². The molecule has 0 spiro atoms. The van der Waals surface area contributed by atoms with Crippen LogP contribution in [0.3, 0.4) is 0 Å². The lowest BCUT2D eigenvalue weighted by Gasteiger charge is -2.07. The minimum Gasteiger partial charge on any atom is -0.508 e. The molecule has 0 radical (unpaired) electrons. The molecule has 2 rings (SSSR count). The number of ether oxygens (including phenoxy) is 2. The van der Waals surface area contributed by atoms with E-state index in [9.17, 15) is 15.0 Å². The van der Waals surface area contributed by atoms with Crippen molar-refractivity contribution in [2.24, 2.45) is 0 Å². The molecule has 0 saturated heterocycles. The summed E-state index contributed by atoms with van der Waals surface area (Å²) in [5.74, 6) is -0.147. The third-order valence-corrected chi connectivity index (χ3v) is 4.22. The van der Waals surface area contributed by atoms with E-state index in [2.05, 4.69) is 6.07 Å². The Morgan fingerprint density at radius 2 is 1.54 bits per heavy atom. The Labute approximate surface area is 165 Å². The van der Waals surface area contributed by atoms with Crippen molar-refractivity contribution in [3.8, 4) is 23.3 Å². The van der Waals surface area contributed by atoms with Crippen LogP contribution in [-0.4, -0.2) is 29.4 Å². The molecule has 2 aromatic carbocycles. The Balaban J connectivity index is 1.48. The molecule has 0 aliphatic heterocycles. The summed E-state index contributed by atoms with van der Waals surface area (Å²) >= 11 is 0. The topological polar surface area (TPSA) is 99.8 Å². The van der Waals surface area contributed by atoms with Gasteiger partial charge in [0.05, 0.1) is 24.8 Å². The monoisotopic (exact) mass is 383 g/mol. The number of phenolic OH excluding ortho intramolecular Hbond substituents is 2. The van der Waals surface area contributed by atoms with Gasteiger partial charge in [-0.05, 0) is 55.3 Å². The molecule has 0 saturated carbocycles. The summed E-state index contributed by atoms with van der Waals surface area (Å²) in [5.41, 5.74) is 0.596. The maximum atomic E-state index is 11.9. The fourth-order valence-electron chi connectivity index (χ4n) is 2.66. The molecule has 0 atom stereocenters. The number of phenols is 2. The molecule has 6 nitrogen and oxygen atoms in total. The molecule has 0 bridgehead atoms. The summed E-state index contributed by atoms with van der Waals surface area (Å²) in [5, 5.41) is 27.7. The van der Waals surface area contributed by atoms with Crippen LogP contribution in [0.2, 0.25) is 0 Å². The summed E-state index contributed by atoms with van der Waals surface area (Å²) in [6.45, 7) is 0.937. The van der Waals surface area contributed by atoms with E-state index in [1.54, 1.807) is 24.3 Å². The number of carbonyl (C=O) groups excluding carboxylic acids is 1. The molecule has 0 unspecified atom stereocenters. The number of rotatable bonds is 11. The summed E-state index contributed by atoms with van der Waals surface area (Å²) in [7, 11) is 0. The normalized spacial score (nSPS) is 10.2. The minimum atomic E-state index is -0.631. The van der Waals surface area contributed by atoms with E-state index in [1.807, 2.05) is 0 Å². The number of carbonyl (C=O) groups is 1. The van der Waals surface area contributed by atoms with Gasteiger partial charge in [0.2, 0.25) is 0 Å². The van der Waals surface area contributed by atoms with Gasteiger partial charge in [0, 0.05) is 0 Å². The molecule has 0 fully saturated rings. The zero-order valence-corrected chi connectivity index (χ0v) is 15.8. The first-order valence-electron chi connectivity index (χ1n) is 9.42. The van der Waals surface area contributed by atoms with E-state index in [1.165, 1.54) is 18.2 Å². The number of hydrogen-bond donors (Lipinski definition) is 2. The van der Waals surface area contributed by atoms with Crippen molar-refractivity contribution in [1.82, 2.24) is 0 Å². The Morgan fingerprint density at radius 3 is 2.21 bits per heavy atom. The van der Waals surface area contributed by atoms with E-state index < -0.39 is 5.97 Å². The fourth-order valence-corrected chi connectivity index (χ4v) is 2.66. The predicted octanol–water partition coefficient (Wildman–Crippen LogP) is 4.55. The molecule has 0 aliphatic carbocycles. The lowest BCUT2D eigenvalue weighted by atomic mass is 10.1. The summed E-state index contributed by atoms with van der Waals surface area (Å²) in [6, 6.07) is 12.9. The summed E-state index contributed by atoms with van der Waals surface area (Å²) in [4.78, 5) is 11.9. The summed E-state index contributed by atoms with van der Waals surface area (Å²) < 4.78 is 10.8. The van der Waals surface area contributed by atoms with Gasteiger partial charge in [-0.2, -0.15) is 5.26 Å². The molecule has 2 N–H and O–H groups in total. The quantitative estimate of drug-likeness (QED) is 0.335. The standard InChI is InChI=1S/C22H25NO5/c23-16-17-7-10-19(11-8-17)27-13-5-3-1-2-4-6-14-28-22(26)20-15-18(24)9-12-21(20)25/h7-12,15,24-25H,1-6,13-14H2. The van der Waals surface area contributed by atoms with Crippen LogP contribution in [0.15, 0.2) is 42.5 Å². The Kier molecular flexibility index (Phi) is 8.67. The number of esters is 1. The number of unbranched alkanes of at least 4 members (excludes halogenated alkanes) is 5. The molecule has 6 heteroatoms. The van der Waals surface area contributed by atoms with Gasteiger partial charge in [0.25, 0.3) is 0 Å². The van der Waals surface area contributed by atoms with Crippen molar-refractivity contribution < 1.29 is 24.5 Å². The zero-order valence-electron chi connectivity index (χ0n) is 15.8. The Hall–Kier alpha value is -3.20. The van der Waals surface area contributed by atoms with E-state index in [0.717, 1.165) is 44.3 Å². The lowest BCUT2D eigenvalue weighted by molar-refractivity contribution is 0.0494. The maximum Gasteiger partial charge on any atom is 0.342 e. The number of nitrogens with zero attached hydrogens (tertiary/aromatic N) is 1. The number of benzene rings is 2. The van der Waals surface area contributed by atoms with Crippen LogP contribution in [-0.2, 0) is 4.74 Å². The third-order valence-electron chi connectivity index (χ3n) is 4.22. The second-order valence-corrected chi connectivity index (χ2v) is 6.44. The largest absolute Gasteiger partial charge is 0.508 e. The lowest BCUT2D eigenvalue weighted by Crippen LogP contribution is -2.06. The van der Waals surface area contributed by atoms with Gasteiger partial charge in [0.15, 0.2) is 0 Å². The molecule has 0 heterocycles. The Bertz CT molecular complexity index is 796. The van der Waals surface area contributed by atoms with Crippen LogP contribution < -0.4 is 4.74 Å². The first kappa shape index (κ1) is 21.1. The molecule has 148 valence electrons. The summed E-state index contributed by atoms with van der Waals surface area (Å²) in [6.07, 6.45) is 5.87. The molecular weight excluding hydrogens is 358 g/mol. The SMILES string of the molecule is N#Cc1ccc(OCCCCCCCCOC(=O)c2cc(O)ccc2O)cc1. The molecule has 0 aromatic heterocycles. The van der Waals surface area contributed by atoms with Crippen LogP contribution in [0.1, 0.15) is 54.4 Å². The Morgan fingerprint density at radius 1 is 0.893 bits per heavy atom. The maximum absolute atomic E-state index is 11.9. The third kappa shape index (κ3) is 7.20. The van der Waals surface area contributed by atoms with Gasteiger partial charge in [0.1, 0.15) is 22.8 Å². The molecule has 0 aliphatic rings. The van der Waals surface area contributed by atoms with E-state index in [-0.39, 0.29) is 23.7 Å². The highest BCUT2D eigenvalue weighted by atomic mass is 16.5. The van der Waals surface area contributed by atoms with Crippen molar-refractivity contribution >= 4 is 5.97 Å². The first-order chi connectivity index (χ1) is 13.6. The molecule has 28 heavy (non-hydrogen) atoms. The van der Waals surface area contributed by atoms with Gasteiger partial charge in [-0.1, -0.05) is 25.7 Å². The van der Waals surface area contributed by atoms with Gasteiger partial charge >= 0.3 is 5.97 Å². The van der Waals surface area contributed by atoms with Crippen LogP contribution in [0, 0.1) is 11.3 Å². The van der Waals surface area contributed by atoms with E-state index in [4.69, 9.17) is 14.7 Å². The van der Waals surface area contributed by atoms with Crippen molar-refractivity contribution in [2.45, 2.75) is 38.5 Å². The van der Waals surface area contributed by atoms with E-state index in [0.29, 0.717) is 12.2 Å². The first-order valence-corrected chi connectivity index (χ1v) is 9.42. The highest BCUT2D eigenvalue weighted by Gasteiger charge is 2.13. The molecular formula is C22H25NO5. The van der Waals surface area contributed by atoms with Crippen LogP contribution in [0.4, 0.5) is 0 Å². The second-order valence-electron chi connectivity index (χ2n) is 6.44. The highest BCUT2D eigenvalue weighted by Crippen LogP contribution is 2.22. The average molecular weight is 383 g/mol. The van der Waals surface area contributed by atoms with Gasteiger partial charge in [-0.15, -0.1) is 0 Å². The highest BCUT2D eigenvalue weighted by molar-refractivity contribution is 5.92. The number of aromatic hydroxyl groups is 2. The van der Waals surface area contributed by atoms with Crippen LogP contribution >= 0.6 is 0 Å². The van der Waals surface area contributed by atoms with E-state index >= 15 is 0 Å². The van der Waals surface area contributed by atoms with Crippen molar-refractivity contribution in [1.29, 1.82) is 5.26 Å². The van der Waals surface area contributed by atoms with Crippen molar-refractivity contribution in [3.63, 3.8) is 0 Å². The minimum absolute atomic E-state index is 0.0257. The average Bonchev–Trinajstić information content (AvgIpc) is 2.71. The van der Waals surface area contributed by atoms with Crippen molar-refractivity contribution in [2.75, 3.05) is 13.2 Å². The van der Waals surface area contributed by atoms with Crippen LogP contribution in [0.25, 0.3) is 0 Å². The second kappa shape index (κ2) is 11.5. The molecule has 0 amide bonds. The number of hydrogen-bond acceptors (Lipinski definition) is 6. The molecule has 2 aromatic rings. The zero-order chi connectivity index (χ0) is 20.2. The predicted molar refractivity (Wildman–Crippen MR) is 104 cm³/mol.